The number of pyridine rings is 2. The smallest absolute Gasteiger partial charge is 0.315 e. The molecule has 0 spiro atoms. The van der Waals surface area contributed by atoms with Crippen LogP contribution in [0.4, 0.5) is 4.79 Å². The van der Waals surface area contributed by atoms with Gasteiger partial charge in [-0.05, 0) is 60.2 Å². The van der Waals surface area contributed by atoms with Gasteiger partial charge >= 0.3 is 6.03 Å². The summed E-state index contributed by atoms with van der Waals surface area (Å²) in [6.45, 7) is 0.490. The van der Waals surface area contributed by atoms with E-state index in [9.17, 15) is 4.79 Å². The number of amides is 2. The Labute approximate surface area is 146 Å². The second-order valence-electron chi connectivity index (χ2n) is 6.45. The van der Waals surface area contributed by atoms with E-state index in [4.69, 9.17) is 0 Å². The van der Waals surface area contributed by atoms with E-state index in [1.165, 1.54) is 0 Å². The van der Waals surface area contributed by atoms with Gasteiger partial charge in [0.15, 0.2) is 0 Å². The van der Waals surface area contributed by atoms with E-state index in [1.54, 1.807) is 18.6 Å². The second-order valence-corrected chi connectivity index (χ2v) is 6.45. The maximum atomic E-state index is 12.3. The summed E-state index contributed by atoms with van der Waals surface area (Å²) in [6.07, 6.45) is 7.64. The molecule has 1 saturated carbocycles. The lowest BCUT2D eigenvalue weighted by Crippen LogP contribution is -2.38. The van der Waals surface area contributed by atoms with Crippen molar-refractivity contribution in [1.82, 2.24) is 20.6 Å². The molecule has 1 aliphatic rings. The summed E-state index contributed by atoms with van der Waals surface area (Å²) in [7, 11) is 0. The van der Waals surface area contributed by atoms with Crippen LogP contribution < -0.4 is 10.6 Å². The Morgan fingerprint density at radius 1 is 1.12 bits per heavy atom. The molecule has 2 N–H and O–H groups in total. The first-order valence-corrected chi connectivity index (χ1v) is 8.57. The van der Waals surface area contributed by atoms with Crippen molar-refractivity contribution in [2.45, 2.75) is 25.4 Å². The molecule has 1 unspecified atom stereocenters. The minimum absolute atomic E-state index is 0.0591. The van der Waals surface area contributed by atoms with Crippen LogP contribution in [0.15, 0.2) is 61.1 Å². The van der Waals surface area contributed by atoms with Crippen molar-refractivity contribution in [1.29, 1.82) is 0 Å². The van der Waals surface area contributed by atoms with Crippen LogP contribution in [0.25, 0.3) is 10.9 Å². The van der Waals surface area contributed by atoms with Crippen LogP contribution in [0.3, 0.4) is 0 Å². The minimum atomic E-state index is -0.139. The Morgan fingerprint density at radius 2 is 1.96 bits per heavy atom. The van der Waals surface area contributed by atoms with Crippen LogP contribution in [-0.4, -0.2) is 16.0 Å². The highest BCUT2D eigenvalue weighted by atomic mass is 16.2. The van der Waals surface area contributed by atoms with E-state index < -0.39 is 0 Å². The Bertz CT molecular complexity index is 877. The molecule has 2 heterocycles. The molecule has 1 atom stereocenters. The van der Waals surface area contributed by atoms with Gasteiger partial charge in [0.1, 0.15) is 0 Å². The Kier molecular flexibility index (Phi) is 4.29. The van der Waals surface area contributed by atoms with Crippen LogP contribution in [0.2, 0.25) is 0 Å². The number of benzene rings is 1. The Balaban J connectivity index is 1.39. The number of carbonyl (C=O) groups is 1. The summed E-state index contributed by atoms with van der Waals surface area (Å²) in [4.78, 5) is 20.7. The number of rotatable bonds is 5. The second kappa shape index (κ2) is 6.89. The summed E-state index contributed by atoms with van der Waals surface area (Å²) in [5, 5.41) is 7.15. The highest BCUT2D eigenvalue weighted by Crippen LogP contribution is 2.40. The van der Waals surface area contributed by atoms with Crippen molar-refractivity contribution < 1.29 is 4.79 Å². The van der Waals surface area contributed by atoms with Crippen molar-refractivity contribution in [2.24, 2.45) is 5.92 Å². The fraction of sp³-hybridized carbons (Fsp3) is 0.250. The average molecular weight is 332 g/mol. The summed E-state index contributed by atoms with van der Waals surface area (Å²) in [5.74, 6) is 0.528. The highest BCUT2D eigenvalue weighted by Gasteiger charge is 2.33. The van der Waals surface area contributed by atoms with Gasteiger partial charge in [-0.2, -0.15) is 0 Å². The number of carbonyl (C=O) groups excluding carboxylic acids is 1. The first kappa shape index (κ1) is 15.6. The van der Waals surface area contributed by atoms with Crippen LogP contribution in [0.5, 0.6) is 0 Å². The number of aromatic nitrogens is 2. The molecule has 5 heteroatoms. The summed E-state index contributed by atoms with van der Waals surface area (Å²) in [5.41, 5.74) is 3.13. The van der Waals surface area contributed by atoms with Gasteiger partial charge in [-0.1, -0.05) is 12.1 Å². The molecule has 4 rings (SSSR count). The van der Waals surface area contributed by atoms with Crippen molar-refractivity contribution in [3.63, 3.8) is 0 Å². The molecule has 1 aliphatic carbocycles. The third-order valence-electron chi connectivity index (χ3n) is 4.57. The van der Waals surface area contributed by atoms with E-state index in [0.717, 1.165) is 34.9 Å². The number of fused-ring (bicyclic) bond motifs is 1. The molecule has 2 amide bonds. The summed E-state index contributed by atoms with van der Waals surface area (Å²) < 4.78 is 0. The molecule has 25 heavy (non-hydrogen) atoms. The van der Waals surface area contributed by atoms with Gasteiger partial charge in [0.25, 0.3) is 0 Å². The molecule has 3 aromatic rings. The Morgan fingerprint density at radius 3 is 2.76 bits per heavy atom. The molecule has 5 nitrogen and oxygen atoms in total. The number of urea groups is 1. The molecular formula is C20H20N4O. The first-order valence-electron chi connectivity index (χ1n) is 8.57. The largest absolute Gasteiger partial charge is 0.334 e. The van der Waals surface area contributed by atoms with Gasteiger partial charge in [-0.15, -0.1) is 0 Å². The minimum Gasteiger partial charge on any atom is -0.334 e. The van der Waals surface area contributed by atoms with Crippen LogP contribution in [0.1, 0.15) is 30.0 Å². The van der Waals surface area contributed by atoms with Crippen molar-refractivity contribution >= 4 is 16.9 Å². The number of hydrogen-bond acceptors (Lipinski definition) is 3. The predicted octanol–water partition coefficient (Wildman–Crippen LogP) is 3.58. The van der Waals surface area contributed by atoms with Gasteiger partial charge in [0, 0.05) is 30.5 Å². The monoisotopic (exact) mass is 332 g/mol. The van der Waals surface area contributed by atoms with E-state index in [0.29, 0.717) is 12.5 Å². The van der Waals surface area contributed by atoms with E-state index in [1.807, 2.05) is 36.4 Å². The Hall–Kier alpha value is -2.95. The van der Waals surface area contributed by atoms with Crippen LogP contribution in [-0.2, 0) is 6.54 Å². The zero-order chi connectivity index (χ0) is 17.1. The average Bonchev–Trinajstić information content (AvgIpc) is 3.50. The molecule has 1 aromatic carbocycles. The molecule has 0 bridgehead atoms. The van der Waals surface area contributed by atoms with Crippen LogP contribution in [0, 0.1) is 5.92 Å². The molecular weight excluding hydrogens is 312 g/mol. The van der Waals surface area contributed by atoms with Gasteiger partial charge in [0.2, 0.25) is 0 Å². The molecule has 2 aromatic heterocycles. The maximum absolute atomic E-state index is 12.3. The topological polar surface area (TPSA) is 66.9 Å². The zero-order valence-electron chi connectivity index (χ0n) is 13.9. The van der Waals surface area contributed by atoms with Crippen molar-refractivity contribution in [3.8, 4) is 0 Å². The third-order valence-corrected chi connectivity index (χ3v) is 4.57. The van der Waals surface area contributed by atoms with Gasteiger partial charge in [-0.3, -0.25) is 9.97 Å². The normalized spacial score (nSPS) is 14.9. The van der Waals surface area contributed by atoms with Gasteiger partial charge < -0.3 is 10.6 Å². The van der Waals surface area contributed by atoms with E-state index in [2.05, 4.69) is 26.7 Å². The number of nitrogens with zero attached hydrogens (tertiary/aromatic N) is 2. The van der Waals surface area contributed by atoms with Crippen molar-refractivity contribution in [2.75, 3.05) is 0 Å². The number of hydrogen-bond donors (Lipinski definition) is 2. The molecule has 0 radical (unpaired) electrons. The predicted molar refractivity (Wildman–Crippen MR) is 96.8 cm³/mol. The lowest BCUT2D eigenvalue weighted by Gasteiger charge is -2.19. The molecule has 1 fully saturated rings. The fourth-order valence-electron chi connectivity index (χ4n) is 3.08. The lowest BCUT2D eigenvalue weighted by atomic mass is 10.0. The maximum Gasteiger partial charge on any atom is 0.315 e. The summed E-state index contributed by atoms with van der Waals surface area (Å²) >= 11 is 0. The standard InChI is InChI=1S/C20H20N4O/c25-20(24-19(15-4-5-15)16-7-10-21-11-8-16)23-13-14-3-6-18-17(12-14)2-1-9-22-18/h1-3,6-12,15,19H,4-5,13H2,(H2,23,24,25). The molecule has 0 aliphatic heterocycles. The number of nitrogens with one attached hydrogen (secondary N) is 2. The summed E-state index contributed by atoms with van der Waals surface area (Å²) in [6, 6.07) is 13.8. The quantitative estimate of drug-likeness (QED) is 0.750. The third kappa shape index (κ3) is 3.76. The molecule has 0 saturated heterocycles. The van der Waals surface area contributed by atoms with E-state index in [-0.39, 0.29) is 12.1 Å². The zero-order valence-corrected chi connectivity index (χ0v) is 13.9. The molecule has 126 valence electrons. The SMILES string of the molecule is O=C(NCc1ccc2ncccc2c1)NC(c1ccncc1)C1CC1. The van der Waals surface area contributed by atoms with Crippen molar-refractivity contribution in [3.05, 3.63) is 72.2 Å². The van der Waals surface area contributed by atoms with Gasteiger partial charge in [-0.25, -0.2) is 4.79 Å². The first-order chi connectivity index (χ1) is 12.3. The lowest BCUT2D eigenvalue weighted by molar-refractivity contribution is 0.235. The van der Waals surface area contributed by atoms with E-state index >= 15 is 0 Å². The fourth-order valence-corrected chi connectivity index (χ4v) is 3.08. The highest BCUT2D eigenvalue weighted by molar-refractivity contribution is 5.79. The van der Waals surface area contributed by atoms with Gasteiger partial charge in [0.05, 0.1) is 11.6 Å². The van der Waals surface area contributed by atoms with Crippen LogP contribution >= 0.6 is 0 Å².